The van der Waals surface area contributed by atoms with E-state index in [2.05, 4.69) is 31.9 Å². The van der Waals surface area contributed by atoms with Crippen LogP contribution in [0.25, 0.3) is 0 Å². The molecule has 1 aromatic carbocycles. The molecule has 1 amide bonds. The minimum absolute atomic E-state index is 0.415. The van der Waals surface area contributed by atoms with E-state index in [1.165, 1.54) is 0 Å². The highest BCUT2D eigenvalue weighted by Gasteiger charge is 2.16. The zero-order valence-corrected chi connectivity index (χ0v) is 12.0. The first kappa shape index (κ1) is 13.0. The lowest BCUT2D eigenvalue weighted by molar-refractivity contribution is -0.117. The molecule has 0 saturated carbocycles. The topological polar surface area (TPSA) is 43.1 Å². The second-order valence-corrected chi connectivity index (χ2v) is 5.52. The third-order valence-corrected chi connectivity index (χ3v) is 3.76. The molecule has 0 saturated heterocycles. The number of halogens is 3. The molecule has 1 unspecified atom stereocenters. The van der Waals surface area contributed by atoms with Crippen LogP contribution in [0.3, 0.4) is 0 Å². The summed E-state index contributed by atoms with van der Waals surface area (Å²) in [7, 11) is 0. The predicted octanol–water partition coefficient (Wildman–Crippen LogP) is 3.16. The van der Waals surface area contributed by atoms with Crippen molar-refractivity contribution in [2.24, 2.45) is 5.73 Å². The van der Waals surface area contributed by atoms with E-state index in [0.717, 1.165) is 20.1 Å². The molecule has 0 aliphatic rings. The lowest BCUT2D eigenvalue weighted by atomic mass is 10.1. The molecule has 0 aliphatic heterocycles. The highest BCUT2D eigenvalue weighted by atomic mass is 79.9. The fraction of sp³-hybridized carbons (Fsp3) is 0.300. The average Bonchev–Trinajstić information content (AvgIpc) is 2.10. The van der Waals surface area contributed by atoms with Crippen molar-refractivity contribution < 1.29 is 4.79 Å². The molecule has 1 aromatic rings. The van der Waals surface area contributed by atoms with Crippen LogP contribution >= 0.6 is 43.5 Å². The monoisotopic (exact) mass is 353 g/mol. The standard InChI is InChI=1S/C10H10Br2ClNO/c1-5-2-7(11)6(8(12)3-5)4-9(13)10(14)15/h2-3,9H,4H2,1H3,(H2,14,15). The van der Waals surface area contributed by atoms with E-state index in [1.54, 1.807) is 0 Å². The summed E-state index contributed by atoms with van der Waals surface area (Å²) in [5.74, 6) is -0.504. The van der Waals surface area contributed by atoms with Gasteiger partial charge in [0.1, 0.15) is 5.38 Å². The molecule has 2 nitrogen and oxygen atoms in total. The molecular formula is C10H10Br2ClNO. The summed E-state index contributed by atoms with van der Waals surface area (Å²) in [5, 5.41) is -0.680. The van der Waals surface area contributed by atoms with E-state index in [1.807, 2.05) is 19.1 Å². The lowest BCUT2D eigenvalue weighted by Gasteiger charge is -2.10. The number of amides is 1. The van der Waals surface area contributed by atoms with E-state index in [4.69, 9.17) is 17.3 Å². The zero-order chi connectivity index (χ0) is 11.6. The summed E-state index contributed by atoms with van der Waals surface area (Å²) in [5.41, 5.74) is 7.20. The third kappa shape index (κ3) is 3.47. The number of primary amides is 1. The van der Waals surface area contributed by atoms with Crippen molar-refractivity contribution >= 4 is 49.4 Å². The van der Waals surface area contributed by atoms with Crippen LogP contribution in [0.1, 0.15) is 11.1 Å². The Morgan fingerprint density at radius 2 is 1.93 bits per heavy atom. The SMILES string of the molecule is Cc1cc(Br)c(CC(Cl)C(N)=O)c(Br)c1. The highest BCUT2D eigenvalue weighted by Crippen LogP contribution is 2.29. The lowest BCUT2D eigenvalue weighted by Crippen LogP contribution is -2.25. The van der Waals surface area contributed by atoms with Gasteiger partial charge in [-0.15, -0.1) is 11.6 Å². The minimum atomic E-state index is -0.680. The Morgan fingerprint density at radius 3 is 2.33 bits per heavy atom. The molecule has 2 N–H and O–H groups in total. The summed E-state index contributed by atoms with van der Waals surface area (Å²) in [6.07, 6.45) is 0.415. The Kier molecular flexibility index (Phi) is 4.62. The summed E-state index contributed by atoms with van der Waals surface area (Å²) in [6, 6.07) is 3.95. The van der Waals surface area contributed by atoms with Gasteiger partial charge in [0, 0.05) is 8.95 Å². The Morgan fingerprint density at radius 1 is 1.47 bits per heavy atom. The second kappa shape index (κ2) is 5.32. The Hall–Kier alpha value is -0.0600. The first-order valence-corrected chi connectivity index (χ1v) is 6.32. The fourth-order valence-electron chi connectivity index (χ4n) is 1.20. The van der Waals surface area contributed by atoms with Crippen LogP contribution in [0.15, 0.2) is 21.1 Å². The van der Waals surface area contributed by atoms with Crippen molar-refractivity contribution in [2.45, 2.75) is 18.7 Å². The first-order valence-electron chi connectivity index (χ1n) is 4.29. The molecule has 0 heterocycles. The molecule has 1 atom stereocenters. The van der Waals surface area contributed by atoms with Crippen LogP contribution < -0.4 is 5.73 Å². The van der Waals surface area contributed by atoms with Gasteiger partial charge in [0.05, 0.1) is 0 Å². The Balaban J connectivity index is 3.00. The maximum absolute atomic E-state index is 10.9. The Labute approximate surface area is 110 Å². The number of carbonyl (C=O) groups is 1. The van der Waals surface area contributed by atoms with Gasteiger partial charge in [-0.3, -0.25) is 4.79 Å². The minimum Gasteiger partial charge on any atom is -0.368 e. The van der Waals surface area contributed by atoms with Crippen molar-refractivity contribution in [3.8, 4) is 0 Å². The molecule has 82 valence electrons. The van der Waals surface area contributed by atoms with Gasteiger partial charge in [-0.05, 0) is 36.6 Å². The second-order valence-electron chi connectivity index (χ2n) is 3.28. The van der Waals surface area contributed by atoms with Crippen LogP contribution in [0, 0.1) is 6.92 Å². The summed E-state index contributed by atoms with van der Waals surface area (Å²) in [6.45, 7) is 1.99. The number of hydrogen-bond acceptors (Lipinski definition) is 1. The molecule has 1 rings (SSSR count). The number of carbonyl (C=O) groups excluding carboxylic acids is 1. The molecule has 0 bridgehead atoms. The van der Waals surface area contributed by atoms with Gasteiger partial charge in [-0.1, -0.05) is 31.9 Å². The molecule has 5 heteroatoms. The van der Waals surface area contributed by atoms with E-state index >= 15 is 0 Å². The molecule has 0 aromatic heterocycles. The summed E-state index contributed by atoms with van der Waals surface area (Å²) in [4.78, 5) is 10.9. The van der Waals surface area contributed by atoms with Crippen LogP contribution in [-0.4, -0.2) is 11.3 Å². The van der Waals surface area contributed by atoms with Crippen molar-refractivity contribution in [2.75, 3.05) is 0 Å². The van der Waals surface area contributed by atoms with Gasteiger partial charge >= 0.3 is 0 Å². The van der Waals surface area contributed by atoms with Crippen molar-refractivity contribution in [3.63, 3.8) is 0 Å². The first-order chi connectivity index (χ1) is 6.91. The molecule has 0 fully saturated rings. The van der Waals surface area contributed by atoms with Gasteiger partial charge < -0.3 is 5.73 Å². The predicted molar refractivity (Wildman–Crippen MR) is 69.1 cm³/mol. The van der Waals surface area contributed by atoms with E-state index in [-0.39, 0.29) is 0 Å². The van der Waals surface area contributed by atoms with E-state index < -0.39 is 11.3 Å². The van der Waals surface area contributed by atoms with Crippen molar-refractivity contribution in [1.82, 2.24) is 0 Å². The van der Waals surface area contributed by atoms with E-state index in [0.29, 0.717) is 6.42 Å². The number of nitrogens with two attached hydrogens (primary N) is 1. The van der Waals surface area contributed by atoms with Crippen LogP contribution in [0.2, 0.25) is 0 Å². The molecule has 15 heavy (non-hydrogen) atoms. The summed E-state index contributed by atoms with van der Waals surface area (Å²) >= 11 is 12.7. The summed E-state index contributed by atoms with van der Waals surface area (Å²) < 4.78 is 1.86. The maximum Gasteiger partial charge on any atom is 0.235 e. The highest BCUT2D eigenvalue weighted by molar-refractivity contribution is 9.11. The molecule has 0 radical (unpaired) electrons. The number of alkyl halides is 1. The number of rotatable bonds is 3. The number of hydrogen-bond donors (Lipinski definition) is 1. The zero-order valence-electron chi connectivity index (χ0n) is 8.06. The van der Waals surface area contributed by atoms with Gasteiger partial charge in [0.15, 0.2) is 0 Å². The van der Waals surface area contributed by atoms with Crippen molar-refractivity contribution in [1.29, 1.82) is 0 Å². The molecule has 0 aliphatic carbocycles. The van der Waals surface area contributed by atoms with E-state index in [9.17, 15) is 4.79 Å². The quantitative estimate of drug-likeness (QED) is 0.832. The maximum atomic E-state index is 10.9. The smallest absolute Gasteiger partial charge is 0.235 e. The fourth-order valence-corrected chi connectivity index (χ4v) is 3.10. The van der Waals surface area contributed by atoms with Gasteiger partial charge in [-0.25, -0.2) is 0 Å². The number of benzene rings is 1. The largest absolute Gasteiger partial charge is 0.368 e. The van der Waals surface area contributed by atoms with Crippen LogP contribution in [0.4, 0.5) is 0 Å². The van der Waals surface area contributed by atoms with Gasteiger partial charge in [0.25, 0.3) is 0 Å². The third-order valence-electron chi connectivity index (χ3n) is 1.98. The van der Waals surface area contributed by atoms with Gasteiger partial charge in [0.2, 0.25) is 5.91 Å². The van der Waals surface area contributed by atoms with Crippen LogP contribution in [0.5, 0.6) is 0 Å². The Bertz CT molecular complexity index is 372. The van der Waals surface area contributed by atoms with Crippen LogP contribution in [-0.2, 0) is 11.2 Å². The molecule has 0 spiro atoms. The molecular weight excluding hydrogens is 345 g/mol. The number of aryl methyl sites for hydroxylation is 1. The normalized spacial score (nSPS) is 12.5. The average molecular weight is 355 g/mol. The van der Waals surface area contributed by atoms with Crippen molar-refractivity contribution in [3.05, 3.63) is 32.2 Å². The van der Waals surface area contributed by atoms with Gasteiger partial charge in [-0.2, -0.15) is 0 Å².